The van der Waals surface area contributed by atoms with Crippen LogP contribution in [0.3, 0.4) is 0 Å². The molecule has 0 bridgehead atoms. The third-order valence-electron chi connectivity index (χ3n) is 1.66. The molecule has 0 unspecified atom stereocenters. The van der Waals surface area contributed by atoms with Crippen LogP contribution in [-0.2, 0) is 4.79 Å². The number of hydrogen-bond acceptors (Lipinski definition) is 2. The summed E-state index contributed by atoms with van der Waals surface area (Å²) in [6.07, 6.45) is 2.37. The van der Waals surface area contributed by atoms with E-state index in [2.05, 4.69) is 17.2 Å². The predicted octanol–water partition coefficient (Wildman–Crippen LogP) is 0.643. The molecule has 3 heteroatoms. The largest absolute Gasteiger partial charge is 0.354 e. The summed E-state index contributed by atoms with van der Waals surface area (Å²) in [4.78, 5) is 11.2. The van der Waals surface area contributed by atoms with Gasteiger partial charge in [-0.25, -0.2) is 0 Å². The summed E-state index contributed by atoms with van der Waals surface area (Å²) in [5.41, 5.74) is 5.59. The first kappa shape index (κ1) is 12.0. The number of amides is 1. The Hall–Kier alpha value is -1.01. The monoisotopic (exact) mass is 182 g/mol. The number of carbonyl (C=O) groups excluding carboxylic acids is 1. The molecular formula is C10H18N2O. The highest BCUT2D eigenvalue weighted by Crippen LogP contribution is 1.92. The maximum atomic E-state index is 11.2. The van der Waals surface area contributed by atoms with Crippen molar-refractivity contribution in [2.75, 3.05) is 6.54 Å². The van der Waals surface area contributed by atoms with Crippen LogP contribution in [0.25, 0.3) is 0 Å². The van der Waals surface area contributed by atoms with E-state index >= 15 is 0 Å². The van der Waals surface area contributed by atoms with Gasteiger partial charge in [0.1, 0.15) is 0 Å². The van der Waals surface area contributed by atoms with Crippen molar-refractivity contribution in [2.45, 2.75) is 39.2 Å². The Kier molecular flexibility index (Phi) is 7.04. The molecule has 3 nitrogen and oxygen atoms in total. The zero-order valence-corrected chi connectivity index (χ0v) is 8.39. The van der Waals surface area contributed by atoms with Crippen LogP contribution in [0.4, 0.5) is 0 Å². The Morgan fingerprint density at radius 3 is 2.85 bits per heavy atom. The minimum Gasteiger partial charge on any atom is -0.354 e. The molecule has 3 N–H and O–H groups in total. The lowest BCUT2D eigenvalue weighted by molar-refractivity contribution is -0.122. The van der Waals surface area contributed by atoms with Crippen LogP contribution in [-0.4, -0.2) is 18.5 Å². The molecular weight excluding hydrogens is 164 g/mol. The van der Waals surface area contributed by atoms with Crippen molar-refractivity contribution in [3.8, 4) is 11.8 Å². The van der Waals surface area contributed by atoms with Gasteiger partial charge in [-0.05, 0) is 13.3 Å². The summed E-state index contributed by atoms with van der Waals surface area (Å²) in [6, 6.07) is -0.361. The van der Waals surface area contributed by atoms with E-state index in [-0.39, 0.29) is 11.9 Å². The van der Waals surface area contributed by atoms with Crippen molar-refractivity contribution >= 4 is 5.91 Å². The first-order valence-corrected chi connectivity index (χ1v) is 4.65. The molecule has 0 aromatic rings. The Labute approximate surface area is 80.1 Å². The van der Waals surface area contributed by atoms with E-state index < -0.39 is 0 Å². The number of carbonyl (C=O) groups is 1. The Morgan fingerprint density at radius 1 is 1.62 bits per heavy atom. The van der Waals surface area contributed by atoms with Gasteiger partial charge in [0.15, 0.2) is 0 Å². The Bertz CT molecular complexity index is 203. The normalized spacial score (nSPS) is 11.3. The SMILES string of the molecule is CC#CCCNC(=O)[C@H](N)CCC. The maximum absolute atomic E-state index is 11.2. The van der Waals surface area contributed by atoms with Gasteiger partial charge >= 0.3 is 0 Å². The lowest BCUT2D eigenvalue weighted by Crippen LogP contribution is -2.40. The van der Waals surface area contributed by atoms with E-state index in [9.17, 15) is 4.79 Å². The molecule has 0 aliphatic carbocycles. The van der Waals surface area contributed by atoms with Crippen LogP contribution in [0, 0.1) is 11.8 Å². The van der Waals surface area contributed by atoms with E-state index in [0.29, 0.717) is 13.0 Å². The van der Waals surface area contributed by atoms with Gasteiger partial charge in [0.2, 0.25) is 5.91 Å². The van der Waals surface area contributed by atoms with Crippen molar-refractivity contribution in [2.24, 2.45) is 5.73 Å². The average molecular weight is 182 g/mol. The molecule has 0 saturated carbocycles. The second-order valence-corrected chi connectivity index (χ2v) is 2.86. The smallest absolute Gasteiger partial charge is 0.236 e. The van der Waals surface area contributed by atoms with Gasteiger partial charge in [-0.15, -0.1) is 11.8 Å². The summed E-state index contributed by atoms with van der Waals surface area (Å²) in [5.74, 6) is 5.56. The summed E-state index contributed by atoms with van der Waals surface area (Å²) in [7, 11) is 0. The zero-order chi connectivity index (χ0) is 10.1. The van der Waals surface area contributed by atoms with E-state index in [4.69, 9.17) is 5.73 Å². The highest BCUT2D eigenvalue weighted by atomic mass is 16.2. The van der Waals surface area contributed by atoms with Crippen molar-refractivity contribution < 1.29 is 4.79 Å². The van der Waals surface area contributed by atoms with E-state index in [1.165, 1.54) is 0 Å². The number of nitrogens with two attached hydrogens (primary N) is 1. The lowest BCUT2D eigenvalue weighted by Gasteiger charge is -2.09. The average Bonchev–Trinajstić information content (AvgIpc) is 2.12. The lowest BCUT2D eigenvalue weighted by atomic mass is 10.2. The van der Waals surface area contributed by atoms with E-state index in [0.717, 1.165) is 12.8 Å². The van der Waals surface area contributed by atoms with Crippen LogP contribution in [0.1, 0.15) is 33.1 Å². The molecule has 0 radical (unpaired) electrons. The Balaban J connectivity index is 3.53. The summed E-state index contributed by atoms with van der Waals surface area (Å²) < 4.78 is 0. The summed E-state index contributed by atoms with van der Waals surface area (Å²) in [5, 5.41) is 2.74. The zero-order valence-electron chi connectivity index (χ0n) is 8.39. The fraction of sp³-hybridized carbons (Fsp3) is 0.700. The highest BCUT2D eigenvalue weighted by Gasteiger charge is 2.10. The third-order valence-corrected chi connectivity index (χ3v) is 1.66. The van der Waals surface area contributed by atoms with Gasteiger partial charge in [-0.1, -0.05) is 13.3 Å². The molecule has 0 aliphatic heterocycles. The second-order valence-electron chi connectivity index (χ2n) is 2.86. The first-order valence-electron chi connectivity index (χ1n) is 4.65. The number of hydrogen-bond donors (Lipinski definition) is 2. The van der Waals surface area contributed by atoms with Crippen LogP contribution < -0.4 is 11.1 Å². The van der Waals surface area contributed by atoms with Gasteiger partial charge in [-0.2, -0.15) is 0 Å². The molecule has 0 saturated heterocycles. The standard InChI is InChI=1S/C10H18N2O/c1-3-5-6-8-12-10(13)9(11)7-4-2/h9H,4,6-8,11H2,1-2H3,(H,12,13)/t9-/m1/s1. The molecule has 0 rings (SSSR count). The van der Waals surface area contributed by atoms with Crippen molar-refractivity contribution in [3.05, 3.63) is 0 Å². The van der Waals surface area contributed by atoms with E-state index in [1.807, 2.05) is 6.92 Å². The molecule has 1 atom stereocenters. The van der Waals surface area contributed by atoms with Gasteiger partial charge < -0.3 is 11.1 Å². The Morgan fingerprint density at radius 2 is 2.31 bits per heavy atom. The molecule has 13 heavy (non-hydrogen) atoms. The number of nitrogens with one attached hydrogen (secondary N) is 1. The molecule has 1 amide bonds. The fourth-order valence-corrected chi connectivity index (χ4v) is 0.946. The van der Waals surface area contributed by atoms with Crippen LogP contribution in [0.5, 0.6) is 0 Å². The van der Waals surface area contributed by atoms with Gasteiger partial charge in [0.25, 0.3) is 0 Å². The topological polar surface area (TPSA) is 55.1 Å². The number of rotatable bonds is 5. The first-order chi connectivity index (χ1) is 6.22. The predicted molar refractivity (Wildman–Crippen MR) is 54.0 cm³/mol. The van der Waals surface area contributed by atoms with E-state index in [1.54, 1.807) is 6.92 Å². The summed E-state index contributed by atoms with van der Waals surface area (Å²) >= 11 is 0. The maximum Gasteiger partial charge on any atom is 0.236 e. The van der Waals surface area contributed by atoms with Crippen molar-refractivity contribution in [1.29, 1.82) is 0 Å². The minimum atomic E-state index is -0.361. The van der Waals surface area contributed by atoms with Crippen LogP contribution in [0.15, 0.2) is 0 Å². The molecule has 74 valence electrons. The molecule has 0 heterocycles. The molecule has 0 spiro atoms. The quantitative estimate of drug-likeness (QED) is 0.484. The summed E-state index contributed by atoms with van der Waals surface area (Å²) in [6.45, 7) is 4.39. The van der Waals surface area contributed by atoms with Crippen molar-refractivity contribution in [3.63, 3.8) is 0 Å². The van der Waals surface area contributed by atoms with Gasteiger partial charge in [0, 0.05) is 13.0 Å². The van der Waals surface area contributed by atoms with Crippen molar-refractivity contribution in [1.82, 2.24) is 5.32 Å². The molecule has 0 aromatic heterocycles. The molecule has 0 aromatic carbocycles. The van der Waals surface area contributed by atoms with Gasteiger partial charge in [-0.3, -0.25) is 4.79 Å². The molecule has 0 fully saturated rings. The molecule has 0 aliphatic rings. The van der Waals surface area contributed by atoms with Crippen LogP contribution >= 0.6 is 0 Å². The van der Waals surface area contributed by atoms with Gasteiger partial charge in [0.05, 0.1) is 6.04 Å². The highest BCUT2D eigenvalue weighted by molar-refractivity contribution is 5.81. The minimum absolute atomic E-state index is 0.0697. The third kappa shape index (κ3) is 6.18. The van der Waals surface area contributed by atoms with Crippen LogP contribution in [0.2, 0.25) is 0 Å². The fourth-order valence-electron chi connectivity index (χ4n) is 0.946. The second kappa shape index (κ2) is 7.63.